The molecule has 72 valence electrons. The number of carbonyl (C=O) groups is 1. The van der Waals surface area contributed by atoms with E-state index in [4.69, 9.17) is 0 Å². The molecule has 0 spiro atoms. The summed E-state index contributed by atoms with van der Waals surface area (Å²) in [5.74, 6) is 0.197. The Balaban J connectivity index is 3.10. The molecule has 0 saturated carbocycles. The topological polar surface area (TPSA) is 22.0 Å². The fraction of sp³-hybridized carbons (Fsp3) is 0.545. The Labute approximate surface area is 79.6 Å². The molecule has 0 aliphatic carbocycles. The number of aromatic nitrogens is 1. The van der Waals surface area contributed by atoms with E-state index in [0.29, 0.717) is 0 Å². The van der Waals surface area contributed by atoms with Crippen LogP contribution in [0, 0.1) is 12.3 Å². The van der Waals surface area contributed by atoms with E-state index in [0.717, 1.165) is 11.4 Å². The molecule has 2 heteroatoms. The molecule has 1 heterocycles. The Morgan fingerprint density at radius 1 is 1.31 bits per heavy atom. The lowest BCUT2D eigenvalue weighted by atomic mass is 9.89. The Morgan fingerprint density at radius 3 is 2.15 bits per heavy atom. The highest BCUT2D eigenvalue weighted by Crippen LogP contribution is 2.21. The quantitative estimate of drug-likeness (QED) is 0.607. The first kappa shape index (κ1) is 10.0. The minimum atomic E-state index is -0.293. The standard InChI is InChI=1S/C11H17NO/c1-8-6-7-9(12(8)5)10(13)11(2,3)4/h6-7H,1-5H3. The van der Waals surface area contributed by atoms with Crippen LogP contribution in [-0.2, 0) is 7.05 Å². The van der Waals surface area contributed by atoms with Crippen LogP contribution >= 0.6 is 0 Å². The van der Waals surface area contributed by atoms with Gasteiger partial charge in [0.15, 0.2) is 5.78 Å². The minimum Gasteiger partial charge on any atom is -0.346 e. The van der Waals surface area contributed by atoms with Gasteiger partial charge in [-0.05, 0) is 19.1 Å². The molecule has 0 aliphatic rings. The van der Waals surface area contributed by atoms with Crippen molar-refractivity contribution in [2.24, 2.45) is 12.5 Å². The van der Waals surface area contributed by atoms with Crippen LogP contribution in [-0.4, -0.2) is 10.4 Å². The first-order valence-electron chi connectivity index (χ1n) is 4.51. The number of carbonyl (C=O) groups excluding carboxylic acids is 1. The predicted octanol–water partition coefficient (Wildman–Crippen LogP) is 2.56. The summed E-state index contributed by atoms with van der Waals surface area (Å²) in [5, 5.41) is 0. The maximum Gasteiger partial charge on any atom is 0.184 e. The Morgan fingerprint density at radius 2 is 1.85 bits per heavy atom. The summed E-state index contributed by atoms with van der Waals surface area (Å²) in [5.41, 5.74) is 1.62. The van der Waals surface area contributed by atoms with Crippen LogP contribution in [0.2, 0.25) is 0 Å². The lowest BCUT2D eigenvalue weighted by Gasteiger charge is -2.17. The van der Waals surface area contributed by atoms with Crippen molar-refractivity contribution in [2.75, 3.05) is 0 Å². The van der Waals surface area contributed by atoms with Gasteiger partial charge in [-0.15, -0.1) is 0 Å². The number of aryl methyl sites for hydroxylation is 1. The normalized spacial score (nSPS) is 11.8. The molecule has 0 N–H and O–H groups in total. The van der Waals surface area contributed by atoms with Crippen LogP contribution in [0.3, 0.4) is 0 Å². The van der Waals surface area contributed by atoms with Gasteiger partial charge in [0.25, 0.3) is 0 Å². The lowest BCUT2D eigenvalue weighted by Crippen LogP contribution is -2.22. The fourth-order valence-corrected chi connectivity index (χ4v) is 1.23. The van der Waals surface area contributed by atoms with Crippen molar-refractivity contribution in [3.05, 3.63) is 23.5 Å². The maximum absolute atomic E-state index is 11.9. The first-order valence-corrected chi connectivity index (χ1v) is 4.51. The first-order chi connectivity index (χ1) is 5.84. The number of nitrogens with zero attached hydrogens (tertiary/aromatic N) is 1. The van der Waals surface area contributed by atoms with Gasteiger partial charge in [0, 0.05) is 18.2 Å². The van der Waals surface area contributed by atoms with Crippen LogP contribution in [0.4, 0.5) is 0 Å². The second-order valence-corrected chi connectivity index (χ2v) is 4.50. The third-order valence-electron chi connectivity index (χ3n) is 2.29. The fourth-order valence-electron chi connectivity index (χ4n) is 1.23. The molecule has 0 atom stereocenters. The predicted molar refractivity (Wildman–Crippen MR) is 53.9 cm³/mol. The summed E-state index contributed by atoms with van der Waals surface area (Å²) < 4.78 is 1.94. The zero-order valence-corrected chi connectivity index (χ0v) is 9.01. The molecular formula is C11H17NO. The zero-order valence-electron chi connectivity index (χ0n) is 9.01. The molecule has 0 unspecified atom stereocenters. The molecule has 13 heavy (non-hydrogen) atoms. The summed E-state index contributed by atoms with van der Waals surface area (Å²) in [4.78, 5) is 11.9. The third-order valence-corrected chi connectivity index (χ3v) is 2.29. The zero-order chi connectivity index (χ0) is 10.2. The Bertz CT molecular complexity index is 328. The smallest absolute Gasteiger partial charge is 0.184 e. The van der Waals surface area contributed by atoms with Gasteiger partial charge >= 0.3 is 0 Å². The van der Waals surface area contributed by atoms with E-state index in [1.165, 1.54) is 0 Å². The van der Waals surface area contributed by atoms with Crippen molar-refractivity contribution < 1.29 is 4.79 Å². The number of ketones is 1. The molecule has 2 nitrogen and oxygen atoms in total. The highest BCUT2D eigenvalue weighted by Gasteiger charge is 2.24. The van der Waals surface area contributed by atoms with Gasteiger partial charge in [-0.2, -0.15) is 0 Å². The van der Waals surface area contributed by atoms with Crippen molar-refractivity contribution >= 4 is 5.78 Å². The van der Waals surface area contributed by atoms with Gasteiger partial charge in [0.05, 0.1) is 5.69 Å². The van der Waals surface area contributed by atoms with Gasteiger partial charge in [-0.3, -0.25) is 4.79 Å². The summed E-state index contributed by atoms with van der Waals surface area (Å²) in [6, 6.07) is 3.86. The lowest BCUT2D eigenvalue weighted by molar-refractivity contribution is 0.0849. The largest absolute Gasteiger partial charge is 0.346 e. The van der Waals surface area contributed by atoms with E-state index in [-0.39, 0.29) is 11.2 Å². The van der Waals surface area contributed by atoms with E-state index in [2.05, 4.69) is 0 Å². The number of hydrogen-bond acceptors (Lipinski definition) is 1. The van der Waals surface area contributed by atoms with Gasteiger partial charge in [0.2, 0.25) is 0 Å². The highest BCUT2D eigenvalue weighted by molar-refractivity contribution is 5.98. The average Bonchev–Trinajstić information content (AvgIpc) is 2.30. The van der Waals surface area contributed by atoms with E-state index in [9.17, 15) is 4.79 Å². The molecule has 0 bridgehead atoms. The highest BCUT2D eigenvalue weighted by atomic mass is 16.1. The molecule has 0 aromatic carbocycles. The van der Waals surface area contributed by atoms with Crippen LogP contribution in [0.5, 0.6) is 0 Å². The number of rotatable bonds is 1. The minimum absolute atomic E-state index is 0.197. The SMILES string of the molecule is Cc1ccc(C(=O)C(C)(C)C)n1C. The molecular weight excluding hydrogens is 162 g/mol. The molecule has 1 aromatic heterocycles. The van der Waals surface area contributed by atoms with Gasteiger partial charge in [0.1, 0.15) is 0 Å². The van der Waals surface area contributed by atoms with Crippen LogP contribution in [0.1, 0.15) is 37.0 Å². The molecule has 0 saturated heterocycles. The van der Waals surface area contributed by atoms with Gasteiger partial charge in [-0.1, -0.05) is 20.8 Å². The Kier molecular flexibility index (Phi) is 2.33. The van der Waals surface area contributed by atoms with Crippen LogP contribution in [0.25, 0.3) is 0 Å². The molecule has 0 aliphatic heterocycles. The van der Waals surface area contributed by atoms with Crippen molar-refractivity contribution in [2.45, 2.75) is 27.7 Å². The summed E-state index contributed by atoms with van der Waals surface area (Å²) in [7, 11) is 1.92. The third kappa shape index (κ3) is 1.82. The molecule has 1 aromatic rings. The van der Waals surface area contributed by atoms with E-state index in [1.807, 2.05) is 51.4 Å². The van der Waals surface area contributed by atoms with Crippen molar-refractivity contribution in [1.82, 2.24) is 4.57 Å². The molecule has 0 amide bonds. The second kappa shape index (κ2) is 3.02. The molecule has 0 fully saturated rings. The number of Topliss-reactive ketones (excluding diaryl/α,β-unsaturated/α-hetero) is 1. The summed E-state index contributed by atoms with van der Waals surface area (Å²) in [6.45, 7) is 7.83. The summed E-state index contributed by atoms with van der Waals surface area (Å²) in [6.07, 6.45) is 0. The average molecular weight is 179 g/mol. The van der Waals surface area contributed by atoms with Crippen LogP contribution < -0.4 is 0 Å². The van der Waals surface area contributed by atoms with E-state index >= 15 is 0 Å². The van der Waals surface area contributed by atoms with Gasteiger partial charge < -0.3 is 4.57 Å². The maximum atomic E-state index is 11.9. The summed E-state index contributed by atoms with van der Waals surface area (Å²) >= 11 is 0. The van der Waals surface area contributed by atoms with Crippen molar-refractivity contribution in [3.8, 4) is 0 Å². The van der Waals surface area contributed by atoms with Crippen molar-refractivity contribution in [3.63, 3.8) is 0 Å². The van der Waals surface area contributed by atoms with E-state index in [1.54, 1.807) is 0 Å². The van der Waals surface area contributed by atoms with Crippen LogP contribution in [0.15, 0.2) is 12.1 Å². The molecule has 0 radical (unpaired) electrons. The number of hydrogen-bond donors (Lipinski definition) is 0. The Hall–Kier alpha value is -1.05. The second-order valence-electron chi connectivity index (χ2n) is 4.50. The molecule has 1 rings (SSSR count). The van der Waals surface area contributed by atoms with Gasteiger partial charge in [-0.25, -0.2) is 0 Å². The monoisotopic (exact) mass is 179 g/mol. The van der Waals surface area contributed by atoms with Crippen molar-refractivity contribution in [1.29, 1.82) is 0 Å². The van der Waals surface area contributed by atoms with E-state index < -0.39 is 0 Å².